The standard InChI is InChI=1S/C14H17N3O2/c1-4-19-14(18)12-10(3)16-17-13(12)15-11-8-6-5-7-9(11)2/h5-8H,4H2,1-3H3,(H2,15,16,17). The molecule has 0 saturated carbocycles. The van der Waals surface area contributed by atoms with E-state index in [0.29, 0.717) is 23.7 Å². The van der Waals surface area contributed by atoms with E-state index in [-0.39, 0.29) is 5.97 Å². The number of H-pyrrole nitrogens is 1. The van der Waals surface area contributed by atoms with Crippen LogP contribution in [0.4, 0.5) is 11.5 Å². The van der Waals surface area contributed by atoms with E-state index in [1.165, 1.54) is 0 Å². The molecule has 1 heterocycles. The van der Waals surface area contributed by atoms with E-state index in [2.05, 4.69) is 15.5 Å². The predicted molar refractivity (Wildman–Crippen MR) is 73.7 cm³/mol. The lowest BCUT2D eigenvalue weighted by Gasteiger charge is -2.08. The van der Waals surface area contributed by atoms with E-state index in [1.54, 1.807) is 13.8 Å². The molecule has 100 valence electrons. The quantitative estimate of drug-likeness (QED) is 0.828. The van der Waals surface area contributed by atoms with Gasteiger partial charge in [-0.2, -0.15) is 5.10 Å². The number of nitrogens with zero attached hydrogens (tertiary/aromatic N) is 1. The molecule has 1 aromatic heterocycles. The van der Waals surface area contributed by atoms with E-state index in [1.807, 2.05) is 31.2 Å². The van der Waals surface area contributed by atoms with Crippen LogP contribution in [0.3, 0.4) is 0 Å². The molecule has 0 aliphatic heterocycles. The molecule has 0 atom stereocenters. The van der Waals surface area contributed by atoms with Gasteiger partial charge in [-0.15, -0.1) is 0 Å². The highest BCUT2D eigenvalue weighted by molar-refractivity contribution is 5.96. The summed E-state index contributed by atoms with van der Waals surface area (Å²) in [5, 5.41) is 10.1. The highest BCUT2D eigenvalue weighted by Crippen LogP contribution is 2.23. The molecule has 0 aliphatic rings. The van der Waals surface area contributed by atoms with Crippen LogP contribution in [0, 0.1) is 13.8 Å². The summed E-state index contributed by atoms with van der Waals surface area (Å²) in [5.74, 6) is 0.120. The number of esters is 1. The summed E-state index contributed by atoms with van der Waals surface area (Å²) in [7, 11) is 0. The van der Waals surface area contributed by atoms with Gasteiger partial charge in [0.2, 0.25) is 0 Å². The number of anilines is 2. The molecule has 5 heteroatoms. The third-order valence-corrected chi connectivity index (χ3v) is 2.82. The number of rotatable bonds is 4. The van der Waals surface area contributed by atoms with Crippen molar-refractivity contribution in [2.24, 2.45) is 0 Å². The Hall–Kier alpha value is -2.30. The first-order valence-corrected chi connectivity index (χ1v) is 6.18. The summed E-state index contributed by atoms with van der Waals surface area (Å²) < 4.78 is 5.04. The van der Waals surface area contributed by atoms with E-state index >= 15 is 0 Å². The van der Waals surface area contributed by atoms with E-state index in [4.69, 9.17) is 4.74 Å². The second-order valence-electron chi connectivity index (χ2n) is 4.23. The first-order valence-electron chi connectivity index (χ1n) is 6.18. The fourth-order valence-corrected chi connectivity index (χ4v) is 1.81. The number of aromatic nitrogens is 2. The van der Waals surface area contributed by atoms with Gasteiger partial charge in [-0.1, -0.05) is 18.2 Å². The molecule has 0 saturated heterocycles. The highest BCUT2D eigenvalue weighted by Gasteiger charge is 2.19. The Bertz CT molecular complexity index is 590. The second kappa shape index (κ2) is 5.56. The van der Waals surface area contributed by atoms with Crippen LogP contribution >= 0.6 is 0 Å². The van der Waals surface area contributed by atoms with Crippen LogP contribution in [0.5, 0.6) is 0 Å². The van der Waals surface area contributed by atoms with Gasteiger partial charge in [-0.25, -0.2) is 4.79 Å². The minimum atomic E-state index is -0.371. The molecule has 2 N–H and O–H groups in total. The molecule has 5 nitrogen and oxygen atoms in total. The number of hydrogen-bond acceptors (Lipinski definition) is 4. The minimum Gasteiger partial charge on any atom is -0.462 e. The third kappa shape index (κ3) is 2.76. The van der Waals surface area contributed by atoms with Gasteiger partial charge in [0.1, 0.15) is 5.56 Å². The molecule has 0 fully saturated rings. The molecule has 0 spiro atoms. The Morgan fingerprint density at radius 1 is 1.37 bits per heavy atom. The van der Waals surface area contributed by atoms with E-state index < -0.39 is 0 Å². The fourth-order valence-electron chi connectivity index (χ4n) is 1.81. The van der Waals surface area contributed by atoms with Crippen molar-refractivity contribution < 1.29 is 9.53 Å². The van der Waals surface area contributed by atoms with Crippen LogP contribution in [-0.2, 0) is 4.74 Å². The average Bonchev–Trinajstić information content (AvgIpc) is 2.74. The molecule has 0 aliphatic carbocycles. The molecule has 0 unspecified atom stereocenters. The Balaban J connectivity index is 2.31. The second-order valence-corrected chi connectivity index (χ2v) is 4.23. The number of aryl methyl sites for hydroxylation is 2. The van der Waals surface area contributed by atoms with Crippen LogP contribution in [0.1, 0.15) is 28.5 Å². The molecule has 0 bridgehead atoms. The van der Waals surface area contributed by atoms with Crippen molar-refractivity contribution in [3.05, 3.63) is 41.1 Å². The average molecular weight is 259 g/mol. The maximum atomic E-state index is 11.9. The lowest BCUT2D eigenvalue weighted by atomic mass is 10.2. The van der Waals surface area contributed by atoms with Crippen molar-refractivity contribution in [3.8, 4) is 0 Å². The molecular weight excluding hydrogens is 242 g/mol. The van der Waals surface area contributed by atoms with Crippen molar-refractivity contribution in [1.29, 1.82) is 0 Å². The first-order chi connectivity index (χ1) is 9.13. The summed E-state index contributed by atoms with van der Waals surface area (Å²) in [4.78, 5) is 11.9. The van der Waals surface area contributed by atoms with Crippen molar-refractivity contribution in [3.63, 3.8) is 0 Å². The van der Waals surface area contributed by atoms with E-state index in [0.717, 1.165) is 11.3 Å². The molecule has 2 aromatic rings. The first kappa shape index (κ1) is 13.1. The Morgan fingerprint density at radius 2 is 2.11 bits per heavy atom. The minimum absolute atomic E-state index is 0.341. The monoisotopic (exact) mass is 259 g/mol. The number of para-hydroxylation sites is 1. The fraction of sp³-hybridized carbons (Fsp3) is 0.286. The summed E-state index contributed by atoms with van der Waals surface area (Å²) in [5.41, 5.74) is 3.14. The van der Waals surface area contributed by atoms with Gasteiger partial charge in [0.05, 0.1) is 6.61 Å². The maximum absolute atomic E-state index is 11.9. The van der Waals surface area contributed by atoms with Gasteiger partial charge in [0.15, 0.2) is 5.82 Å². The largest absolute Gasteiger partial charge is 0.462 e. The Kier molecular flexibility index (Phi) is 3.85. The molecule has 0 amide bonds. The van der Waals surface area contributed by atoms with Gasteiger partial charge in [0.25, 0.3) is 0 Å². The maximum Gasteiger partial charge on any atom is 0.343 e. The Labute approximate surface area is 112 Å². The summed E-state index contributed by atoms with van der Waals surface area (Å²) in [6.07, 6.45) is 0. The normalized spacial score (nSPS) is 10.3. The number of hydrogen-bond donors (Lipinski definition) is 2. The number of carbonyl (C=O) groups is 1. The SMILES string of the molecule is CCOC(=O)c1c(Nc2ccccc2C)n[nH]c1C. The molecule has 2 rings (SSSR count). The highest BCUT2D eigenvalue weighted by atomic mass is 16.5. The van der Waals surface area contributed by atoms with Crippen molar-refractivity contribution in [2.75, 3.05) is 11.9 Å². The smallest absolute Gasteiger partial charge is 0.343 e. The van der Waals surface area contributed by atoms with Crippen LogP contribution in [-0.4, -0.2) is 22.8 Å². The van der Waals surface area contributed by atoms with Gasteiger partial charge in [0, 0.05) is 11.4 Å². The number of carbonyl (C=O) groups excluding carboxylic acids is 1. The topological polar surface area (TPSA) is 67.0 Å². The summed E-state index contributed by atoms with van der Waals surface area (Å²) in [6.45, 7) is 5.91. The van der Waals surface area contributed by atoms with Crippen molar-refractivity contribution >= 4 is 17.5 Å². The van der Waals surface area contributed by atoms with Gasteiger partial charge >= 0.3 is 5.97 Å². The number of benzene rings is 1. The lowest BCUT2D eigenvalue weighted by Crippen LogP contribution is -2.08. The molecular formula is C14H17N3O2. The van der Waals surface area contributed by atoms with Crippen molar-refractivity contribution in [1.82, 2.24) is 10.2 Å². The zero-order valence-corrected chi connectivity index (χ0v) is 11.3. The van der Waals surface area contributed by atoms with Crippen molar-refractivity contribution in [2.45, 2.75) is 20.8 Å². The zero-order valence-electron chi connectivity index (χ0n) is 11.3. The van der Waals surface area contributed by atoms with Crippen LogP contribution in [0.15, 0.2) is 24.3 Å². The van der Waals surface area contributed by atoms with Gasteiger partial charge in [-0.3, -0.25) is 5.10 Å². The molecule has 0 radical (unpaired) electrons. The summed E-state index contributed by atoms with van der Waals surface area (Å²) >= 11 is 0. The molecule has 1 aromatic carbocycles. The zero-order chi connectivity index (χ0) is 13.8. The predicted octanol–water partition coefficient (Wildman–Crippen LogP) is 2.95. The molecule has 19 heavy (non-hydrogen) atoms. The third-order valence-electron chi connectivity index (χ3n) is 2.82. The van der Waals surface area contributed by atoms with E-state index in [9.17, 15) is 4.79 Å². The van der Waals surface area contributed by atoms with Crippen LogP contribution in [0.25, 0.3) is 0 Å². The number of ether oxygens (including phenoxy) is 1. The van der Waals surface area contributed by atoms with Gasteiger partial charge < -0.3 is 10.1 Å². The van der Waals surface area contributed by atoms with Crippen LogP contribution < -0.4 is 5.32 Å². The lowest BCUT2D eigenvalue weighted by molar-refractivity contribution is 0.0527. The Morgan fingerprint density at radius 3 is 2.79 bits per heavy atom. The summed E-state index contributed by atoms with van der Waals surface area (Å²) in [6, 6.07) is 7.82. The number of nitrogens with one attached hydrogen (secondary N) is 2. The van der Waals surface area contributed by atoms with Gasteiger partial charge in [-0.05, 0) is 32.4 Å². The number of aromatic amines is 1. The van der Waals surface area contributed by atoms with Crippen LogP contribution in [0.2, 0.25) is 0 Å².